The number of imidazole rings is 1. The molecular formula is C26H27N3O2. The lowest BCUT2D eigenvalue weighted by Gasteiger charge is -2.21. The number of nitrogens with zero attached hydrogens (tertiary/aromatic N) is 2. The molecule has 0 saturated carbocycles. The van der Waals surface area contributed by atoms with E-state index in [0.29, 0.717) is 6.42 Å². The van der Waals surface area contributed by atoms with Gasteiger partial charge in [-0.1, -0.05) is 55.8 Å². The third-order valence-electron chi connectivity index (χ3n) is 5.41. The molecule has 5 nitrogen and oxygen atoms in total. The number of rotatable bonds is 8. The van der Waals surface area contributed by atoms with E-state index in [-0.39, 0.29) is 11.9 Å². The van der Waals surface area contributed by atoms with Crippen LogP contribution in [-0.2, 0) is 11.2 Å². The molecule has 0 aliphatic heterocycles. The number of amides is 1. The second-order valence-electron chi connectivity index (χ2n) is 7.57. The Kier molecular flexibility index (Phi) is 6.32. The summed E-state index contributed by atoms with van der Waals surface area (Å²) in [5, 5.41) is 3.08. The molecule has 0 spiro atoms. The molecule has 5 heteroatoms. The zero-order valence-electron chi connectivity index (χ0n) is 17.9. The van der Waals surface area contributed by atoms with E-state index in [2.05, 4.69) is 28.9 Å². The lowest BCUT2D eigenvalue weighted by atomic mass is 10.1. The predicted molar refractivity (Wildman–Crippen MR) is 125 cm³/mol. The molecule has 1 N–H and O–H groups in total. The number of methoxy groups -OCH3 is 1. The molecule has 1 atom stereocenters. The molecule has 4 aromatic rings. The number of hydrogen-bond donors (Lipinski definition) is 1. The summed E-state index contributed by atoms with van der Waals surface area (Å²) in [6.45, 7) is 2.10. The van der Waals surface area contributed by atoms with Crippen LogP contribution in [0.3, 0.4) is 0 Å². The molecule has 0 radical (unpaired) electrons. The highest BCUT2D eigenvalue weighted by atomic mass is 16.5. The van der Waals surface area contributed by atoms with Crippen molar-refractivity contribution in [3.05, 3.63) is 90.3 Å². The van der Waals surface area contributed by atoms with Crippen molar-refractivity contribution >= 4 is 22.6 Å². The van der Waals surface area contributed by atoms with Crippen molar-refractivity contribution in [3.8, 4) is 5.75 Å². The van der Waals surface area contributed by atoms with Crippen LogP contribution in [0.4, 0.5) is 5.69 Å². The molecule has 4 rings (SSSR count). The van der Waals surface area contributed by atoms with Crippen LogP contribution in [0.2, 0.25) is 0 Å². The standard InChI is InChI=1S/C26H27N3O2/c1-3-9-24(26(30)27-20-14-16-21(31-2)17-15-20)29-23-13-8-7-12-22(23)28-25(29)18-19-10-5-4-6-11-19/h4-8,10-17,24H,3,9,18H2,1-2H3,(H,27,30)/t24-/m0/s1. The van der Waals surface area contributed by atoms with Gasteiger partial charge in [0.2, 0.25) is 5.91 Å². The monoisotopic (exact) mass is 413 g/mol. The van der Waals surface area contributed by atoms with E-state index >= 15 is 0 Å². The van der Waals surface area contributed by atoms with Gasteiger partial charge in [0.25, 0.3) is 0 Å². The molecule has 0 unspecified atom stereocenters. The summed E-state index contributed by atoms with van der Waals surface area (Å²) in [5.74, 6) is 1.62. The van der Waals surface area contributed by atoms with Crippen molar-refractivity contribution < 1.29 is 9.53 Å². The summed E-state index contributed by atoms with van der Waals surface area (Å²) >= 11 is 0. The van der Waals surface area contributed by atoms with Crippen molar-refractivity contribution in [2.45, 2.75) is 32.2 Å². The second kappa shape index (κ2) is 9.47. The zero-order valence-corrected chi connectivity index (χ0v) is 17.9. The van der Waals surface area contributed by atoms with Crippen LogP contribution < -0.4 is 10.1 Å². The van der Waals surface area contributed by atoms with Crippen LogP contribution in [0.25, 0.3) is 11.0 Å². The Morgan fingerprint density at radius 2 is 1.71 bits per heavy atom. The van der Waals surface area contributed by atoms with Crippen molar-refractivity contribution in [2.24, 2.45) is 0 Å². The Labute approximate surface area is 182 Å². The number of para-hydroxylation sites is 2. The lowest BCUT2D eigenvalue weighted by Crippen LogP contribution is -2.27. The summed E-state index contributed by atoms with van der Waals surface area (Å²) in [5.41, 5.74) is 3.81. The fourth-order valence-electron chi connectivity index (χ4n) is 3.90. The molecular weight excluding hydrogens is 386 g/mol. The van der Waals surface area contributed by atoms with Gasteiger partial charge in [0, 0.05) is 12.1 Å². The fourth-order valence-corrected chi connectivity index (χ4v) is 3.90. The van der Waals surface area contributed by atoms with E-state index in [0.717, 1.165) is 41.1 Å². The molecule has 1 heterocycles. The Hall–Kier alpha value is -3.60. The Balaban J connectivity index is 1.71. The average Bonchev–Trinajstić information content (AvgIpc) is 3.16. The smallest absolute Gasteiger partial charge is 0.247 e. The number of ether oxygens (including phenoxy) is 1. The first-order chi connectivity index (χ1) is 15.2. The Bertz CT molecular complexity index is 1150. The lowest BCUT2D eigenvalue weighted by molar-refractivity contribution is -0.119. The van der Waals surface area contributed by atoms with Gasteiger partial charge >= 0.3 is 0 Å². The summed E-state index contributed by atoms with van der Waals surface area (Å²) in [4.78, 5) is 18.3. The first-order valence-electron chi connectivity index (χ1n) is 10.6. The molecule has 0 aliphatic carbocycles. The van der Waals surface area contributed by atoms with E-state index in [1.165, 1.54) is 5.56 Å². The third-order valence-corrected chi connectivity index (χ3v) is 5.41. The molecule has 31 heavy (non-hydrogen) atoms. The van der Waals surface area contributed by atoms with Gasteiger partial charge in [0.05, 0.1) is 18.1 Å². The quantitative estimate of drug-likeness (QED) is 0.408. The van der Waals surface area contributed by atoms with Crippen molar-refractivity contribution in [1.82, 2.24) is 9.55 Å². The van der Waals surface area contributed by atoms with Crippen LogP contribution in [0.1, 0.15) is 37.2 Å². The normalized spacial score (nSPS) is 11.9. The molecule has 3 aromatic carbocycles. The molecule has 0 bridgehead atoms. The predicted octanol–water partition coefficient (Wildman–Crippen LogP) is 5.62. The topological polar surface area (TPSA) is 56.1 Å². The van der Waals surface area contributed by atoms with Gasteiger partial charge in [-0.25, -0.2) is 4.98 Å². The van der Waals surface area contributed by atoms with Crippen molar-refractivity contribution in [3.63, 3.8) is 0 Å². The van der Waals surface area contributed by atoms with Gasteiger partial charge in [-0.2, -0.15) is 0 Å². The number of benzene rings is 3. The number of aromatic nitrogens is 2. The van der Waals surface area contributed by atoms with E-state index in [9.17, 15) is 4.79 Å². The van der Waals surface area contributed by atoms with E-state index in [1.807, 2.05) is 66.7 Å². The number of hydrogen-bond acceptors (Lipinski definition) is 3. The van der Waals surface area contributed by atoms with Crippen LogP contribution in [0, 0.1) is 0 Å². The Morgan fingerprint density at radius 3 is 2.42 bits per heavy atom. The number of anilines is 1. The highest BCUT2D eigenvalue weighted by molar-refractivity contribution is 5.95. The third kappa shape index (κ3) is 4.61. The minimum Gasteiger partial charge on any atom is -0.497 e. The maximum Gasteiger partial charge on any atom is 0.247 e. The minimum atomic E-state index is -0.349. The maximum absolute atomic E-state index is 13.4. The number of nitrogens with one attached hydrogen (secondary N) is 1. The maximum atomic E-state index is 13.4. The zero-order chi connectivity index (χ0) is 21.6. The minimum absolute atomic E-state index is 0.0375. The number of carbonyl (C=O) groups excluding carboxylic acids is 1. The summed E-state index contributed by atoms with van der Waals surface area (Å²) < 4.78 is 7.33. The van der Waals surface area contributed by atoms with Crippen LogP contribution in [0.5, 0.6) is 5.75 Å². The van der Waals surface area contributed by atoms with Crippen LogP contribution in [0.15, 0.2) is 78.9 Å². The highest BCUT2D eigenvalue weighted by Crippen LogP contribution is 2.27. The molecule has 1 amide bonds. The highest BCUT2D eigenvalue weighted by Gasteiger charge is 2.25. The van der Waals surface area contributed by atoms with Crippen molar-refractivity contribution in [2.75, 3.05) is 12.4 Å². The largest absolute Gasteiger partial charge is 0.497 e. The fraction of sp³-hybridized carbons (Fsp3) is 0.231. The molecule has 1 aromatic heterocycles. The summed E-state index contributed by atoms with van der Waals surface area (Å²) in [7, 11) is 1.63. The Morgan fingerprint density at radius 1 is 1.00 bits per heavy atom. The van der Waals surface area contributed by atoms with E-state index in [4.69, 9.17) is 9.72 Å². The summed E-state index contributed by atoms with van der Waals surface area (Å²) in [6, 6.07) is 25.3. The van der Waals surface area contributed by atoms with E-state index in [1.54, 1.807) is 7.11 Å². The van der Waals surface area contributed by atoms with Gasteiger partial charge < -0.3 is 14.6 Å². The van der Waals surface area contributed by atoms with Crippen LogP contribution >= 0.6 is 0 Å². The second-order valence-corrected chi connectivity index (χ2v) is 7.57. The first kappa shape index (κ1) is 20.7. The SMILES string of the molecule is CCC[C@@H](C(=O)Nc1ccc(OC)cc1)n1c(Cc2ccccc2)nc2ccccc21. The van der Waals surface area contributed by atoms with Crippen molar-refractivity contribution in [1.29, 1.82) is 0 Å². The molecule has 0 saturated heterocycles. The van der Waals surface area contributed by atoms with Gasteiger partial charge in [0.1, 0.15) is 17.6 Å². The molecule has 0 aliphatic rings. The van der Waals surface area contributed by atoms with E-state index < -0.39 is 0 Å². The number of fused-ring (bicyclic) bond motifs is 1. The molecule has 0 fully saturated rings. The van der Waals surface area contributed by atoms with Gasteiger partial charge in [-0.15, -0.1) is 0 Å². The van der Waals surface area contributed by atoms with Gasteiger partial charge in [0.15, 0.2) is 0 Å². The van der Waals surface area contributed by atoms with Gasteiger partial charge in [-0.3, -0.25) is 4.79 Å². The summed E-state index contributed by atoms with van der Waals surface area (Å²) in [6.07, 6.45) is 2.29. The van der Waals surface area contributed by atoms with Crippen LogP contribution in [-0.4, -0.2) is 22.6 Å². The van der Waals surface area contributed by atoms with Gasteiger partial charge in [-0.05, 0) is 48.4 Å². The average molecular weight is 414 g/mol. The number of carbonyl (C=O) groups is 1. The molecule has 158 valence electrons. The first-order valence-corrected chi connectivity index (χ1v) is 10.6.